The summed E-state index contributed by atoms with van der Waals surface area (Å²) in [6.45, 7) is 3.64. The van der Waals surface area contributed by atoms with E-state index in [9.17, 15) is 4.79 Å². The Labute approximate surface area is 125 Å². The van der Waals surface area contributed by atoms with Gasteiger partial charge in [-0.15, -0.1) is 0 Å². The van der Waals surface area contributed by atoms with E-state index in [0.29, 0.717) is 5.92 Å². The molecule has 0 aliphatic carbocycles. The van der Waals surface area contributed by atoms with E-state index in [0.717, 1.165) is 42.4 Å². The SMILES string of the molecule is CC(N)C1CCN(C(=O)c2ccnc3ccccc23)CC1. The first-order chi connectivity index (χ1) is 10.2. The molecule has 1 atom stereocenters. The molecule has 1 amide bonds. The number of aromatic nitrogens is 1. The van der Waals surface area contributed by atoms with E-state index >= 15 is 0 Å². The van der Waals surface area contributed by atoms with Crippen LogP contribution in [0.15, 0.2) is 36.5 Å². The van der Waals surface area contributed by atoms with Gasteiger partial charge in [0.1, 0.15) is 0 Å². The van der Waals surface area contributed by atoms with Gasteiger partial charge in [0.25, 0.3) is 5.91 Å². The maximum atomic E-state index is 12.8. The maximum Gasteiger partial charge on any atom is 0.254 e. The monoisotopic (exact) mass is 283 g/mol. The van der Waals surface area contributed by atoms with E-state index in [1.807, 2.05) is 35.2 Å². The van der Waals surface area contributed by atoms with Crippen molar-refractivity contribution in [1.82, 2.24) is 9.88 Å². The smallest absolute Gasteiger partial charge is 0.254 e. The van der Waals surface area contributed by atoms with Crippen molar-refractivity contribution >= 4 is 16.8 Å². The van der Waals surface area contributed by atoms with Crippen LogP contribution in [0.25, 0.3) is 10.9 Å². The number of carbonyl (C=O) groups excluding carboxylic acids is 1. The molecule has 0 bridgehead atoms. The summed E-state index contributed by atoms with van der Waals surface area (Å²) in [6, 6.07) is 9.83. The van der Waals surface area contributed by atoms with Gasteiger partial charge < -0.3 is 10.6 Å². The summed E-state index contributed by atoms with van der Waals surface area (Å²) in [5.41, 5.74) is 7.58. The van der Waals surface area contributed by atoms with E-state index in [-0.39, 0.29) is 11.9 Å². The van der Waals surface area contributed by atoms with E-state index in [1.165, 1.54) is 0 Å². The minimum atomic E-state index is 0.108. The molecule has 1 aromatic heterocycles. The number of fused-ring (bicyclic) bond motifs is 1. The average Bonchev–Trinajstić information content (AvgIpc) is 2.53. The number of likely N-dealkylation sites (tertiary alicyclic amines) is 1. The van der Waals surface area contributed by atoms with Crippen LogP contribution in [0.2, 0.25) is 0 Å². The largest absolute Gasteiger partial charge is 0.339 e. The van der Waals surface area contributed by atoms with Crippen LogP contribution < -0.4 is 5.73 Å². The van der Waals surface area contributed by atoms with E-state index in [4.69, 9.17) is 5.73 Å². The van der Waals surface area contributed by atoms with Crippen LogP contribution in [0.4, 0.5) is 0 Å². The van der Waals surface area contributed by atoms with E-state index in [2.05, 4.69) is 11.9 Å². The number of piperidine rings is 1. The average molecular weight is 283 g/mol. The molecule has 21 heavy (non-hydrogen) atoms. The van der Waals surface area contributed by atoms with Gasteiger partial charge in [0, 0.05) is 30.7 Å². The van der Waals surface area contributed by atoms with Crippen molar-refractivity contribution in [3.63, 3.8) is 0 Å². The van der Waals surface area contributed by atoms with Gasteiger partial charge >= 0.3 is 0 Å². The van der Waals surface area contributed by atoms with Gasteiger partial charge in [-0.3, -0.25) is 9.78 Å². The summed E-state index contributed by atoms with van der Waals surface area (Å²) in [5, 5.41) is 0.930. The van der Waals surface area contributed by atoms with E-state index in [1.54, 1.807) is 6.20 Å². The molecule has 4 heteroatoms. The zero-order chi connectivity index (χ0) is 14.8. The lowest BCUT2D eigenvalue weighted by Crippen LogP contribution is -2.42. The number of amides is 1. The standard InChI is InChI=1S/C17H21N3O/c1-12(18)13-7-10-20(11-8-13)17(21)15-6-9-19-16-5-3-2-4-14(15)16/h2-6,9,12-13H,7-8,10-11,18H2,1H3. The topological polar surface area (TPSA) is 59.2 Å². The molecule has 3 rings (SSSR count). The Bertz CT molecular complexity index is 640. The van der Waals surface area contributed by atoms with E-state index < -0.39 is 0 Å². The normalized spacial score (nSPS) is 17.9. The molecule has 1 saturated heterocycles. The van der Waals surface area contributed by atoms with Crippen LogP contribution in [0.1, 0.15) is 30.1 Å². The first-order valence-corrected chi connectivity index (χ1v) is 7.55. The predicted octanol–water partition coefficient (Wildman–Crippen LogP) is 2.43. The quantitative estimate of drug-likeness (QED) is 0.921. The van der Waals surface area contributed by atoms with Crippen molar-refractivity contribution in [1.29, 1.82) is 0 Å². The van der Waals surface area contributed by atoms with Crippen molar-refractivity contribution in [2.75, 3.05) is 13.1 Å². The molecule has 2 heterocycles. The highest BCUT2D eigenvalue weighted by molar-refractivity contribution is 6.05. The zero-order valence-corrected chi connectivity index (χ0v) is 12.3. The number of nitrogens with two attached hydrogens (primary N) is 1. The van der Waals surface area contributed by atoms with Gasteiger partial charge in [0.05, 0.1) is 11.1 Å². The van der Waals surface area contributed by atoms with Gasteiger partial charge in [-0.25, -0.2) is 0 Å². The molecular formula is C17H21N3O. The van der Waals surface area contributed by atoms with Gasteiger partial charge in [0.2, 0.25) is 0 Å². The number of hydrogen-bond acceptors (Lipinski definition) is 3. The Balaban J connectivity index is 1.82. The van der Waals surface area contributed by atoms with Crippen molar-refractivity contribution in [3.8, 4) is 0 Å². The molecule has 0 spiro atoms. The molecule has 1 aliphatic heterocycles. The minimum Gasteiger partial charge on any atom is -0.339 e. The molecule has 0 radical (unpaired) electrons. The number of carbonyl (C=O) groups is 1. The molecule has 2 aromatic rings. The van der Waals surface area contributed by atoms with Crippen molar-refractivity contribution in [2.45, 2.75) is 25.8 Å². The van der Waals surface area contributed by atoms with Gasteiger partial charge in [-0.05, 0) is 37.8 Å². The Morgan fingerprint density at radius 2 is 2.00 bits per heavy atom. The molecule has 2 N–H and O–H groups in total. The fourth-order valence-electron chi connectivity index (χ4n) is 3.08. The molecule has 4 nitrogen and oxygen atoms in total. The number of nitrogens with zero attached hydrogens (tertiary/aromatic N) is 2. The Morgan fingerprint density at radius 1 is 1.29 bits per heavy atom. The lowest BCUT2D eigenvalue weighted by atomic mass is 9.90. The highest BCUT2D eigenvalue weighted by Gasteiger charge is 2.26. The summed E-state index contributed by atoms with van der Waals surface area (Å²) < 4.78 is 0. The number of pyridine rings is 1. The molecule has 1 unspecified atom stereocenters. The Kier molecular flexibility index (Phi) is 3.88. The van der Waals surface area contributed by atoms with Gasteiger partial charge in [0.15, 0.2) is 0 Å². The van der Waals surface area contributed by atoms with Gasteiger partial charge in [-0.1, -0.05) is 18.2 Å². The molecule has 110 valence electrons. The third-order valence-corrected chi connectivity index (χ3v) is 4.45. The molecular weight excluding hydrogens is 262 g/mol. The summed E-state index contributed by atoms with van der Waals surface area (Å²) in [4.78, 5) is 19.0. The minimum absolute atomic E-state index is 0.108. The Hall–Kier alpha value is -1.94. The lowest BCUT2D eigenvalue weighted by molar-refractivity contribution is 0.0683. The van der Waals surface area contributed by atoms with Crippen LogP contribution in [-0.4, -0.2) is 34.9 Å². The van der Waals surface area contributed by atoms with Crippen LogP contribution in [0.5, 0.6) is 0 Å². The van der Waals surface area contributed by atoms with Crippen LogP contribution in [0, 0.1) is 5.92 Å². The highest BCUT2D eigenvalue weighted by Crippen LogP contribution is 2.23. The second-order valence-corrected chi connectivity index (χ2v) is 5.86. The first kappa shape index (κ1) is 14.0. The molecule has 1 fully saturated rings. The summed E-state index contributed by atoms with van der Waals surface area (Å²) >= 11 is 0. The molecule has 1 aromatic carbocycles. The summed E-state index contributed by atoms with van der Waals surface area (Å²) in [7, 11) is 0. The number of rotatable bonds is 2. The second-order valence-electron chi connectivity index (χ2n) is 5.86. The van der Waals surface area contributed by atoms with Crippen molar-refractivity contribution in [2.24, 2.45) is 11.7 Å². The third kappa shape index (κ3) is 2.76. The lowest BCUT2D eigenvalue weighted by Gasteiger charge is -2.33. The predicted molar refractivity (Wildman–Crippen MR) is 84.0 cm³/mol. The van der Waals surface area contributed by atoms with Crippen molar-refractivity contribution in [3.05, 3.63) is 42.1 Å². The van der Waals surface area contributed by atoms with Crippen LogP contribution in [-0.2, 0) is 0 Å². The fourth-order valence-corrected chi connectivity index (χ4v) is 3.08. The first-order valence-electron chi connectivity index (χ1n) is 7.55. The van der Waals surface area contributed by atoms with Crippen LogP contribution in [0.3, 0.4) is 0 Å². The summed E-state index contributed by atoms with van der Waals surface area (Å²) in [6.07, 6.45) is 3.70. The number of para-hydroxylation sites is 1. The zero-order valence-electron chi connectivity index (χ0n) is 12.3. The molecule has 0 saturated carbocycles. The number of benzene rings is 1. The van der Waals surface area contributed by atoms with Crippen molar-refractivity contribution < 1.29 is 4.79 Å². The third-order valence-electron chi connectivity index (χ3n) is 4.45. The maximum absolute atomic E-state index is 12.8. The van der Waals surface area contributed by atoms with Crippen LogP contribution >= 0.6 is 0 Å². The second kappa shape index (κ2) is 5.82. The van der Waals surface area contributed by atoms with Gasteiger partial charge in [-0.2, -0.15) is 0 Å². The number of hydrogen-bond donors (Lipinski definition) is 1. The summed E-state index contributed by atoms with van der Waals surface area (Å²) in [5.74, 6) is 0.639. The highest BCUT2D eigenvalue weighted by atomic mass is 16.2. The fraction of sp³-hybridized carbons (Fsp3) is 0.412. The molecule has 1 aliphatic rings. The Morgan fingerprint density at radius 3 is 2.71 bits per heavy atom.